The zero-order valence-corrected chi connectivity index (χ0v) is 35.9. The van der Waals surface area contributed by atoms with Crippen LogP contribution >= 0.6 is 11.6 Å². The van der Waals surface area contributed by atoms with E-state index in [1.807, 2.05) is 83.1 Å². The molecule has 5 amide bonds. The minimum Gasteiger partial charge on any atom is -0.458 e. The molecule has 0 bridgehead atoms. The minimum atomic E-state index is -1.21. The van der Waals surface area contributed by atoms with Crippen molar-refractivity contribution in [3.63, 3.8) is 0 Å². The molecule has 2 atom stereocenters. The Labute approximate surface area is 352 Å². The summed E-state index contributed by atoms with van der Waals surface area (Å²) in [4.78, 5) is 66.9. The van der Waals surface area contributed by atoms with Crippen LogP contribution in [0.3, 0.4) is 0 Å². The molecule has 59 heavy (non-hydrogen) atoms. The average molecular weight is 836 g/mol. The maximum Gasteiger partial charge on any atom is 0.407 e. The lowest BCUT2D eigenvalue weighted by Crippen LogP contribution is -2.60. The normalized spacial score (nSPS) is 13.3. The van der Waals surface area contributed by atoms with Crippen LogP contribution in [-0.4, -0.2) is 84.7 Å². The quantitative estimate of drug-likeness (QED) is 0.0494. The molecule has 15 heteroatoms. The molecule has 0 unspecified atom stereocenters. The highest BCUT2D eigenvalue weighted by molar-refractivity contribution is 6.31. The van der Waals surface area contributed by atoms with E-state index < -0.39 is 53.4 Å². The first-order valence-corrected chi connectivity index (χ1v) is 20.2. The van der Waals surface area contributed by atoms with Crippen LogP contribution in [0.1, 0.15) is 90.8 Å². The van der Waals surface area contributed by atoms with Crippen LogP contribution in [0.15, 0.2) is 72.8 Å². The Morgan fingerprint density at radius 2 is 1.37 bits per heavy atom. The zero-order chi connectivity index (χ0) is 43.3. The molecule has 4 N–H and O–H groups in total. The zero-order valence-electron chi connectivity index (χ0n) is 35.2. The summed E-state index contributed by atoms with van der Waals surface area (Å²) in [6.45, 7) is 14.2. The van der Waals surface area contributed by atoms with Gasteiger partial charge in [0.2, 0.25) is 0 Å². The third-order valence-electron chi connectivity index (χ3n) is 8.92. The van der Waals surface area contributed by atoms with Crippen molar-refractivity contribution in [3.05, 3.63) is 94.5 Å². The predicted octanol–water partition coefficient (Wildman–Crippen LogP) is 7.48. The number of hydrazine groups is 1. The van der Waals surface area contributed by atoms with Gasteiger partial charge in [0.25, 0.3) is 5.91 Å². The number of esters is 1. The molecule has 4 rings (SSSR count). The van der Waals surface area contributed by atoms with E-state index in [2.05, 4.69) is 21.4 Å². The van der Waals surface area contributed by atoms with E-state index in [-0.39, 0.29) is 57.6 Å². The summed E-state index contributed by atoms with van der Waals surface area (Å²) in [5.41, 5.74) is 5.98. The molecule has 0 radical (unpaired) electrons. The highest BCUT2D eigenvalue weighted by Gasteiger charge is 2.33. The number of nitrogens with zero attached hydrogens (tertiary/aromatic N) is 1. The van der Waals surface area contributed by atoms with Crippen LogP contribution in [0.4, 0.5) is 14.4 Å². The molecule has 0 heterocycles. The van der Waals surface area contributed by atoms with E-state index in [1.165, 1.54) is 0 Å². The molecule has 3 aromatic carbocycles. The number of urea groups is 1. The van der Waals surface area contributed by atoms with Crippen molar-refractivity contribution < 1.29 is 42.9 Å². The van der Waals surface area contributed by atoms with Gasteiger partial charge in [0.1, 0.15) is 24.9 Å². The Balaban J connectivity index is 1.46. The largest absolute Gasteiger partial charge is 0.458 e. The van der Waals surface area contributed by atoms with E-state index in [0.717, 1.165) is 27.3 Å². The number of fused-ring (bicyclic) bond motifs is 3. The third-order valence-corrected chi connectivity index (χ3v) is 9.29. The second-order valence-electron chi connectivity index (χ2n) is 16.7. The number of nitrogens with one attached hydrogen (secondary N) is 4. The number of carbonyl (C=O) groups is 5. The van der Waals surface area contributed by atoms with Gasteiger partial charge >= 0.3 is 24.2 Å². The van der Waals surface area contributed by atoms with Crippen LogP contribution in [0.25, 0.3) is 11.1 Å². The molecular formula is C44H58ClN5O9. The molecule has 0 aromatic heterocycles. The van der Waals surface area contributed by atoms with Gasteiger partial charge in [-0.3, -0.25) is 10.2 Å². The molecule has 3 aromatic rings. The summed E-state index contributed by atoms with van der Waals surface area (Å²) in [6.07, 6.45) is -1.27. The van der Waals surface area contributed by atoms with Crippen molar-refractivity contribution in [2.24, 2.45) is 5.92 Å². The van der Waals surface area contributed by atoms with Crippen LogP contribution in [0, 0.1) is 5.92 Å². The van der Waals surface area contributed by atoms with Crippen molar-refractivity contribution in [3.8, 4) is 11.1 Å². The van der Waals surface area contributed by atoms with Gasteiger partial charge in [-0.1, -0.05) is 92.2 Å². The number of rotatable bonds is 16. The number of halogens is 1. The summed E-state index contributed by atoms with van der Waals surface area (Å²) >= 11 is 6.17. The summed E-state index contributed by atoms with van der Waals surface area (Å²) in [6, 6.07) is 19.6. The Morgan fingerprint density at radius 1 is 0.763 bits per heavy atom. The fourth-order valence-corrected chi connectivity index (χ4v) is 6.41. The highest BCUT2D eigenvalue weighted by Crippen LogP contribution is 2.44. The SMILES string of the molecule is CC(C)CN(NC(=O)[C@H](CCCNC(=O)OCc1ccccc1Cl)NC(=O)OCC1c2ccccc2-c2ccccc21)C(=O)N[C@@H](COC(C)(C)C)C(=O)OC(C)(C)C. The molecular weight excluding hydrogens is 778 g/mol. The summed E-state index contributed by atoms with van der Waals surface area (Å²) in [7, 11) is 0. The lowest BCUT2D eigenvalue weighted by molar-refractivity contribution is -0.160. The topological polar surface area (TPSA) is 174 Å². The van der Waals surface area contributed by atoms with Crippen LogP contribution in [0.5, 0.6) is 0 Å². The van der Waals surface area contributed by atoms with E-state index in [1.54, 1.807) is 45.0 Å². The van der Waals surface area contributed by atoms with E-state index in [9.17, 15) is 24.0 Å². The van der Waals surface area contributed by atoms with Crippen molar-refractivity contribution >= 4 is 41.7 Å². The average Bonchev–Trinajstić information content (AvgIpc) is 3.48. The fourth-order valence-electron chi connectivity index (χ4n) is 6.21. The van der Waals surface area contributed by atoms with Crippen LogP contribution in [-0.2, 0) is 35.1 Å². The molecule has 0 aliphatic heterocycles. The standard InChI is InChI=1S/C44H58ClN5O9/c1-28(2)24-50(40(53)47-37(27-58-43(3,4)5)39(52)59-44(6,7)8)49-38(51)36(22-15-23-46-41(54)56-25-29-16-9-14-21-35(29)45)48-42(55)57-26-34-32-19-12-10-17-30(32)31-18-11-13-20-33(31)34/h9-14,16-21,28,34,36-37H,15,22-27H2,1-8H3,(H,46,54)(H,47,53)(H,48,55)(H,49,51)/t36-,37-/m0/s1. The fraction of sp³-hybridized carbons (Fsp3) is 0.477. The maximum atomic E-state index is 14.0. The molecule has 0 saturated carbocycles. The van der Waals surface area contributed by atoms with E-state index in [4.69, 9.17) is 30.5 Å². The number of amides is 5. The van der Waals surface area contributed by atoms with Gasteiger partial charge in [0.15, 0.2) is 6.04 Å². The monoisotopic (exact) mass is 835 g/mol. The predicted molar refractivity (Wildman–Crippen MR) is 224 cm³/mol. The van der Waals surface area contributed by atoms with Gasteiger partial charge in [-0.2, -0.15) is 0 Å². The number of benzene rings is 3. The third kappa shape index (κ3) is 14.8. The van der Waals surface area contributed by atoms with Gasteiger partial charge in [0, 0.05) is 29.6 Å². The van der Waals surface area contributed by atoms with Gasteiger partial charge in [-0.25, -0.2) is 24.2 Å². The Hall–Kier alpha value is -5.34. The number of hydrogen-bond donors (Lipinski definition) is 4. The molecule has 1 aliphatic rings. The lowest BCUT2D eigenvalue weighted by atomic mass is 9.98. The Morgan fingerprint density at radius 3 is 1.97 bits per heavy atom. The second-order valence-corrected chi connectivity index (χ2v) is 17.1. The van der Waals surface area contributed by atoms with Crippen molar-refractivity contribution in [1.29, 1.82) is 0 Å². The van der Waals surface area contributed by atoms with Gasteiger partial charge in [-0.05, 0) is 88.6 Å². The van der Waals surface area contributed by atoms with E-state index >= 15 is 0 Å². The molecule has 1 aliphatic carbocycles. The molecule has 14 nitrogen and oxygen atoms in total. The molecule has 0 spiro atoms. The lowest BCUT2D eigenvalue weighted by Gasteiger charge is -2.31. The molecule has 0 fully saturated rings. The van der Waals surface area contributed by atoms with Crippen molar-refractivity contribution in [2.75, 3.05) is 26.3 Å². The highest BCUT2D eigenvalue weighted by atomic mass is 35.5. The Kier molecular flexibility index (Phi) is 16.6. The molecule has 320 valence electrons. The first-order chi connectivity index (χ1) is 27.8. The van der Waals surface area contributed by atoms with E-state index in [0.29, 0.717) is 10.6 Å². The molecule has 0 saturated heterocycles. The number of alkyl carbamates (subject to hydrolysis) is 2. The van der Waals surface area contributed by atoms with Gasteiger partial charge in [0.05, 0.1) is 12.2 Å². The van der Waals surface area contributed by atoms with Gasteiger partial charge in [-0.15, -0.1) is 0 Å². The summed E-state index contributed by atoms with van der Waals surface area (Å²) < 4.78 is 22.4. The smallest absolute Gasteiger partial charge is 0.407 e. The number of hydrogen-bond acceptors (Lipinski definition) is 9. The first kappa shape index (κ1) is 46.4. The second kappa shape index (κ2) is 21.1. The van der Waals surface area contributed by atoms with Crippen molar-refractivity contribution in [1.82, 2.24) is 26.4 Å². The number of ether oxygens (including phenoxy) is 4. The van der Waals surface area contributed by atoms with Crippen LogP contribution in [0.2, 0.25) is 5.02 Å². The minimum absolute atomic E-state index is 0.0115. The summed E-state index contributed by atoms with van der Waals surface area (Å²) in [5.74, 6) is -1.78. The van der Waals surface area contributed by atoms with Gasteiger partial charge < -0.3 is 34.9 Å². The first-order valence-electron chi connectivity index (χ1n) is 19.8. The van der Waals surface area contributed by atoms with Crippen molar-refractivity contribution in [2.45, 2.75) is 104 Å². The number of carbonyl (C=O) groups excluding carboxylic acids is 5. The van der Waals surface area contributed by atoms with Crippen LogP contribution < -0.4 is 21.4 Å². The summed E-state index contributed by atoms with van der Waals surface area (Å²) in [5, 5.41) is 9.48. The maximum absolute atomic E-state index is 14.0. The Bertz CT molecular complexity index is 1880.